The van der Waals surface area contributed by atoms with Gasteiger partial charge in [-0.25, -0.2) is 13.2 Å². The first-order valence-electron chi connectivity index (χ1n) is 7.57. The van der Waals surface area contributed by atoms with Crippen LogP contribution in [0.4, 0.5) is 13.2 Å². The van der Waals surface area contributed by atoms with Gasteiger partial charge in [0.25, 0.3) is 0 Å². The van der Waals surface area contributed by atoms with Crippen LogP contribution in [0.3, 0.4) is 0 Å². The predicted molar refractivity (Wildman–Crippen MR) is 77.3 cm³/mol. The van der Waals surface area contributed by atoms with Gasteiger partial charge in [0, 0.05) is 30.8 Å². The summed E-state index contributed by atoms with van der Waals surface area (Å²) in [5, 5.41) is 0. The summed E-state index contributed by atoms with van der Waals surface area (Å²) in [7, 11) is 1.87. The minimum absolute atomic E-state index is 0.134. The molecule has 0 amide bonds. The van der Waals surface area contributed by atoms with Crippen LogP contribution in [0, 0.1) is 23.4 Å². The summed E-state index contributed by atoms with van der Waals surface area (Å²) in [5.74, 6) is -2.36. The van der Waals surface area contributed by atoms with Crippen LogP contribution in [0.1, 0.15) is 43.7 Å². The summed E-state index contributed by atoms with van der Waals surface area (Å²) in [6.45, 7) is 0.978. The molecule has 5 heteroatoms. The van der Waals surface area contributed by atoms with Gasteiger partial charge in [0.05, 0.1) is 0 Å². The number of hydrogen-bond acceptors (Lipinski definition) is 2. The van der Waals surface area contributed by atoms with Crippen molar-refractivity contribution in [2.24, 2.45) is 11.7 Å². The quantitative estimate of drug-likeness (QED) is 0.842. The highest BCUT2D eigenvalue weighted by Crippen LogP contribution is 2.28. The zero-order valence-corrected chi connectivity index (χ0v) is 12.4. The predicted octanol–water partition coefficient (Wildman–Crippen LogP) is 3.62. The van der Waals surface area contributed by atoms with Crippen molar-refractivity contribution in [2.45, 2.75) is 38.1 Å². The Kier molecular flexibility index (Phi) is 5.65. The Hall–Kier alpha value is -1.07. The largest absolute Gasteiger partial charge is 0.329 e. The molecule has 0 spiro atoms. The van der Waals surface area contributed by atoms with E-state index in [1.54, 1.807) is 0 Å². The molecule has 118 valence electrons. The van der Waals surface area contributed by atoms with Crippen LogP contribution in [0.25, 0.3) is 0 Å². The highest BCUT2D eigenvalue weighted by molar-refractivity contribution is 5.24. The summed E-state index contributed by atoms with van der Waals surface area (Å²) in [6, 6.07) is 1.10. The molecule has 0 saturated heterocycles. The van der Waals surface area contributed by atoms with E-state index in [0.29, 0.717) is 12.0 Å². The second-order valence-electron chi connectivity index (χ2n) is 5.98. The maximum atomic E-state index is 13.9. The van der Waals surface area contributed by atoms with Gasteiger partial charge in [0.2, 0.25) is 0 Å². The molecule has 1 aromatic rings. The molecule has 21 heavy (non-hydrogen) atoms. The fourth-order valence-corrected chi connectivity index (χ4v) is 3.24. The summed E-state index contributed by atoms with van der Waals surface area (Å²) in [6.07, 6.45) is 6.07. The lowest BCUT2D eigenvalue weighted by Gasteiger charge is -2.32. The molecule has 0 aromatic heterocycles. The van der Waals surface area contributed by atoms with Crippen LogP contribution in [-0.4, -0.2) is 25.0 Å². The van der Waals surface area contributed by atoms with Crippen LogP contribution in [0.15, 0.2) is 12.1 Å². The number of likely N-dealkylation sites (N-methyl/N-ethyl adjacent to an activating group) is 1. The maximum Gasteiger partial charge on any atom is 0.161 e. The van der Waals surface area contributed by atoms with Gasteiger partial charge in [-0.3, -0.25) is 4.90 Å². The fraction of sp³-hybridized carbons (Fsp3) is 0.625. The van der Waals surface area contributed by atoms with Gasteiger partial charge >= 0.3 is 0 Å². The zero-order chi connectivity index (χ0) is 15.4. The SMILES string of the molecule is CN(CC1CCCCC1)C(CN)c1cc(F)c(F)cc1F. The topological polar surface area (TPSA) is 29.3 Å². The molecule has 1 aromatic carbocycles. The molecule has 1 aliphatic rings. The molecule has 2 rings (SSSR count). The molecule has 1 saturated carbocycles. The molecule has 2 nitrogen and oxygen atoms in total. The number of nitrogens with two attached hydrogens (primary N) is 1. The highest BCUT2D eigenvalue weighted by Gasteiger charge is 2.24. The second-order valence-corrected chi connectivity index (χ2v) is 5.98. The van der Waals surface area contributed by atoms with Crippen molar-refractivity contribution in [1.82, 2.24) is 4.90 Å². The molecule has 1 atom stereocenters. The molecule has 0 heterocycles. The average Bonchev–Trinajstić information content (AvgIpc) is 2.46. The van der Waals surface area contributed by atoms with Crippen molar-refractivity contribution < 1.29 is 13.2 Å². The average molecular weight is 300 g/mol. The van der Waals surface area contributed by atoms with E-state index >= 15 is 0 Å². The van der Waals surface area contributed by atoms with Gasteiger partial charge < -0.3 is 5.73 Å². The molecule has 1 fully saturated rings. The van der Waals surface area contributed by atoms with Gasteiger partial charge in [0.1, 0.15) is 5.82 Å². The maximum absolute atomic E-state index is 13.9. The molecule has 0 radical (unpaired) electrons. The zero-order valence-electron chi connectivity index (χ0n) is 12.4. The number of nitrogens with zero attached hydrogens (tertiary/aromatic N) is 1. The van der Waals surface area contributed by atoms with Crippen molar-refractivity contribution in [2.75, 3.05) is 20.1 Å². The molecule has 1 aliphatic carbocycles. The van der Waals surface area contributed by atoms with Gasteiger partial charge in [-0.1, -0.05) is 19.3 Å². The van der Waals surface area contributed by atoms with Crippen LogP contribution < -0.4 is 5.73 Å². The van der Waals surface area contributed by atoms with E-state index in [1.165, 1.54) is 32.1 Å². The van der Waals surface area contributed by atoms with E-state index in [-0.39, 0.29) is 12.1 Å². The Labute approximate surface area is 124 Å². The minimum atomic E-state index is -1.16. The van der Waals surface area contributed by atoms with Crippen molar-refractivity contribution >= 4 is 0 Å². The third-order valence-corrected chi connectivity index (χ3v) is 4.42. The smallest absolute Gasteiger partial charge is 0.161 e. The Balaban J connectivity index is 2.12. The monoisotopic (exact) mass is 300 g/mol. The van der Waals surface area contributed by atoms with E-state index in [0.717, 1.165) is 12.6 Å². The summed E-state index contributed by atoms with van der Waals surface area (Å²) >= 11 is 0. The molecule has 1 unspecified atom stereocenters. The van der Waals surface area contributed by atoms with E-state index in [4.69, 9.17) is 5.73 Å². The summed E-state index contributed by atoms with van der Waals surface area (Å²) < 4.78 is 40.3. The molecule has 2 N–H and O–H groups in total. The van der Waals surface area contributed by atoms with Gasteiger partial charge in [-0.05, 0) is 31.9 Å². The number of benzene rings is 1. The molecule has 0 bridgehead atoms. The Morgan fingerprint density at radius 2 is 1.71 bits per heavy atom. The lowest BCUT2D eigenvalue weighted by atomic mass is 9.88. The Morgan fingerprint density at radius 3 is 2.33 bits per heavy atom. The first-order valence-corrected chi connectivity index (χ1v) is 7.57. The van der Waals surface area contributed by atoms with Crippen molar-refractivity contribution in [1.29, 1.82) is 0 Å². The van der Waals surface area contributed by atoms with Crippen molar-refractivity contribution in [3.63, 3.8) is 0 Å². The van der Waals surface area contributed by atoms with Crippen LogP contribution in [0.2, 0.25) is 0 Å². The first kappa shape index (κ1) is 16.3. The summed E-state index contributed by atoms with van der Waals surface area (Å²) in [4.78, 5) is 1.96. The van der Waals surface area contributed by atoms with Crippen LogP contribution in [-0.2, 0) is 0 Å². The summed E-state index contributed by atoms with van der Waals surface area (Å²) in [5.41, 5.74) is 5.88. The third-order valence-electron chi connectivity index (χ3n) is 4.42. The van der Waals surface area contributed by atoms with Gasteiger partial charge in [-0.2, -0.15) is 0 Å². The standard InChI is InChI=1S/C16H23F3N2/c1-21(10-11-5-3-2-4-6-11)16(9-20)12-7-14(18)15(19)8-13(12)17/h7-8,11,16H,2-6,9-10,20H2,1H3. The fourth-order valence-electron chi connectivity index (χ4n) is 3.24. The van der Waals surface area contributed by atoms with Crippen LogP contribution in [0.5, 0.6) is 0 Å². The highest BCUT2D eigenvalue weighted by atomic mass is 19.2. The number of rotatable bonds is 5. The van der Waals surface area contributed by atoms with E-state index < -0.39 is 23.5 Å². The number of halogens is 3. The third kappa shape index (κ3) is 3.98. The molecular formula is C16H23F3N2. The second kappa shape index (κ2) is 7.27. The normalized spacial score (nSPS) is 18.2. The van der Waals surface area contributed by atoms with Crippen molar-refractivity contribution in [3.05, 3.63) is 35.1 Å². The minimum Gasteiger partial charge on any atom is -0.329 e. The first-order chi connectivity index (χ1) is 10.0. The molecular weight excluding hydrogens is 277 g/mol. The van der Waals surface area contributed by atoms with Gasteiger partial charge in [0.15, 0.2) is 11.6 Å². The van der Waals surface area contributed by atoms with E-state index in [9.17, 15) is 13.2 Å². The Bertz CT molecular complexity index is 473. The lowest BCUT2D eigenvalue weighted by molar-refractivity contribution is 0.182. The lowest BCUT2D eigenvalue weighted by Crippen LogP contribution is -2.35. The van der Waals surface area contributed by atoms with Crippen LogP contribution >= 0.6 is 0 Å². The van der Waals surface area contributed by atoms with Crippen molar-refractivity contribution in [3.8, 4) is 0 Å². The van der Waals surface area contributed by atoms with E-state index in [2.05, 4.69) is 0 Å². The number of hydrogen-bond donors (Lipinski definition) is 1. The molecule has 0 aliphatic heterocycles. The Morgan fingerprint density at radius 1 is 1.10 bits per heavy atom. The van der Waals surface area contributed by atoms with E-state index in [1.807, 2.05) is 11.9 Å². The van der Waals surface area contributed by atoms with Gasteiger partial charge in [-0.15, -0.1) is 0 Å².